The molecule has 0 saturated heterocycles. The van der Waals surface area contributed by atoms with E-state index in [2.05, 4.69) is 10.2 Å². The van der Waals surface area contributed by atoms with Crippen LogP contribution in [0.3, 0.4) is 0 Å². The zero-order valence-corrected chi connectivity index (χ0v) is 12.9. The number of hydrogen-bond acceptors (Lipinski definition) is 5. The van der Waals surface area contributed by atoms with Gasteiger partial charge in [-0.05, 0) is 31.5 Å². The van der Waals surface area contributed by atoms with E-state index in [0.29, 0.717) is 10.9 Å². The van der Waals surface area contributed by atoms with Crippen LogP contribution in [0.5, 0.6) is 0 Å². The van der Waals surface area contributed by atoms with Crippen LogP contribution in [0, 0.1) is 6.92 Å². The summed E-state index contributed by atoms with van der Waals surface area (Å²) >= 11 is 0. The number of likely N-dealkylation sites (N-methyl/N-ethyl adjacent to an activating group) is 1. The van der Waals surface area contributed by atoms with Crippen LogP contribution >= 0.6 is 0 Å². The minimum absolute atomic E-state index is 0.0989. The molecule has 7 nitrogen and oxygen atoms in total. The number of rotatable bonds is 5. The van der Waals surface area contributed by atoms with Crippen LogP contribution < -0.4 is 0 Å². The molecule has 1 aromatic carbocycles. The average Bonchev–Trinajstić information content (AvgIpc) is 2.85. The van der Waals surface area contributed by atoms with E-state index in [9.17, 15) is 13.2 Å². The normalized spacial score (nSPS) is 12.0. The first-order chi connectivity index (χ1) is 9.86. The zero-order valence-electron chi connectivity index (χ0n) is 12.1. The Morgan fingerprint density at radius 3 is 2.81 bits per heavy atom. The molecule has 0 aliphatic rings. The molecule has 0 aliphatic heterocycles. The van der Waals surface area contributed by atoms with E-state index in [1.807, 2.05) is 6.07 Å². The molecule has 0 radical (unpaired) electrons. The number of ether oxygens (including phenoxy) is 1. The van der Waals surface area contributed by atoms with Crippen molar-refractivity contribution in [1.29, 1.82) is 0 Å². The fourth-order valence-electron chi connectivity index (χ4n) is 2.01. The van der Waals surface area contributed by atoms with Crippen LogP contribution in [0.2, 0.25) is 0 Å². The highest BCUT2D eigenvalue weighted by molar-refractivity contribution is 7.89. The molecule has 1 N–H and O–H groups in total. The quantitative estimate of drug-likeness (QED) is 0.833. The molecule has 21 heavy (non-hydrogen) atoms. The van der Waals surface area contributed by atoms with Crippen molar-refractivity contribution in [2.45, 2.75) is 18.7 Å². The highest BCUT2D eigenvalue weighted by Gasteiger charge is 2.26. The second-order valence-corrected chi connectivity index (χ2v) is 6.68. The van der Waals surface area contributed by atoms with Crippen LogP contribution in [0.25, 0.3) is 10.9 Å². The number of esters is 1. The molecule has 1 heterocycles. The molecule has 114 valence electrons. The van der Waals surface area contributed by atoms with Gasteiger partial charge in [-0.2, -0.15) is 9.40 Å². The Bertz CT molecular complexity index is 767. The van der Waals surface area contributed by atoms with Crippen molar-refractivity contribution in [1.82, 2.24) is 14.5 Å². The number of sulfonamides is 1. The number of nitrogens with one attached hydrogen (secondary N) is 1. The molecule has 0 fully saturated rings. The highest BCUT2D eigenvalue weighted by Crippen LogP contribution is 2.25. The first-order valence-corrected chi connectivity index (χ1v) is 7.86. The summed E-state index contributed by atoms with van der Waals surface area (Å²) < 4.78 is 31.0. The van der Waals surface area contributed by atoms with Gasteiger partial charge in [-0.15, -0.1) is 0 Å². The lowest BCUT2D eigenvalue weighted by atomic mass is 10.2. The minimum Gasteiger partial charge on any atom is -0.465 e. The molecule has 0 atom stereocenters. The summed E-state index contributed by atoms with van der Waals surface area (Å²) in [6.45, 7) is 3.35. The molecular formula is C13H17N3O4S. The van der Waals surface area contributed by atoms with Gasteiger partial charge in [0.15, 0.2) is 0 Å². The van der Waals surface area contributed by atoms with Crippen molar-refractivity contribution in [3.05, 3.63) is 23.9 Å². The van der Waals surface area contributed by atoms with E-state index in [0.717, 1.165) is 9.87 Å². The van der Waals surface area contributed by atoms with Gasteiger partial charge < -0.3 is 4.74 Å². The molecule has 1 aromatic heterocycles. The van der Waals surface area contributed by atoms with Gasteiger partial charge in [-0.3, -0.25) is 9.89 Å². The van der Waals surface area contributed by atoms with E-state index in [1.165, 1.54) is 7.05 Å². The highest BCUT2D eigenvalue weighted by atomic mass is 32.2. The lowest BCUT2D eigenvalue weighted by Gasteiger charge is -2.17. The SMILES string of the molecule is CCOC(=O)CN(C)S(=O)(=O)c1cc(C)cc2cn[nH]c12. The lowest BCUT2D eigenvalue weighted by molar-refractivity contribution is -0.143. The minimum atomic E-state index is -3.81. The van der Waals surface area contributed by atoms with E-state index in [-0.39, 0.29) is 18.0 Å². The third kappa shape index (κ3) is 3.06. The van der Waals surface area contributed by atoms with Crippen molar-refractivity contribution in [2.75, 3.05) is 20.2 Å². The van der Waals surface area contributed by atoms with E-state index in [4.69, 9.17) is 4.74 Å². The number of benzene rings is 1. The summed E-state index contributed by atoms with van der Waals surface area (Å²) in [5.74, 6) is -0.586. The van der Waals surface area contributed by atoms with E-state index < -0.39 is 16.0 Å². The Hall–Kier alpha value is -1.93. The van der Waals surface area contributed by atoms with Gasteiger partial charge in [-0.1, -0.05) is 0 Å². The maximum absolute atomic E-state index is 12.6. The van der Waals surface area contributed by atoms with Crippen molar-refractivity contribution in [3.8, 4) is 0 Å². The monoisotopic (exact) mass is 311 g/mol. The smallest absolute Gasteiger partial charge is 0.321 e. The molecular weight excluding hydrogens is 294 g/mol. The Morgan fingerprint density at radius 2 is 2.14 bits per heavy atom. The molecule has 8 heteroatoms. The van der Waals surface area contributed by atoms with Gasteiger partial charge in [0.1, 0.15) is 11.4 Å². The summed E-state index contributed by atoms with van der Waals surface area (Å²) in [7, 11) is -2.47. The number of H-pyrrole nitrogens is 1. The summed E-state index contributed by atoms with van der Waals surface area (Å²) in [4.78, 5) is 11.6. The number of aromatic nitrogens is 2. The summed E-state index contributed by atoms with van der Waals surface area (Å²) in [6.07, 6.45) is 1.56. The number of aromatic amines is 1. The average molecular weight is 311 g/mol. The van der Waals surface area contributed by atoms with Gasteiger partial charge in [0.25, 0.3) is 0 Å². The van der Waals surface area contributed by atoms with Gasteiger partial charge in [0.2, 0.25) is 10.0 Å². The lowest BCUT2D eigenvalue weighted by Crippen LogP contribution is -2.33. The number of hydrogen-bond donors (Lipinski definition) is 1. The molecule has 0 spiro atoms. The molecule has 2 rings (SSSR count). The maximum atomic E-state index is 12.6. The van der Waals surface area contributed by atoms with Crippen LogP contribution in [0.1, 0.15) is 12.5 Å². The molecule has 2 aromatic rings. The van der Waals surface area contributed by atoms with Gasteiger partial charge >= 0.3 is 5.97 Å². The predicted molar refractivity (Wildman–Crippen MR) is 77.3 cm³/mol. The number of carbonyl (C=O) groups excluding carboxylic acids is 1. The topological polar surface area (TPSA) is 92.4 Å². The number of aryl methyl sites for hydroxylation is 1. The number of nitrogens with zero attached hydrogens (tertiary/aromatic N) is 2. The fourth-order valence-corrected chi connectivity index (χ4v) is 3.38. The third-order valence-electron chi connectivity index (χ3n) is 3.00. The Morgan fingerprint density at radius 1 is 1.43 bits per heavy atom. The van der Waals surface area contributed by atoms with Crippen molar-refractivity contribution < 1.29 is 17.9 Å². The fraction of sp³-hybridized carbons (Fsp3) is 0.385. The molecule has 0 bridgehead atoms. The molecule has 0 unspecified atom stereocenters. The Kier molecular flexibility index (Phi) is 4.29. The maximum Gasteiger partial charge on any atom is 0.321 e. The van der Waals surface area contributed by atoms with Crippen molar-refractivity contribution in [2.24, 2.45) is 0 Å². The summed E-state index contributed by atoms with van der Waals surface area (Å²) in [5.41, 5.74) is 1.23. The Balaban J connectivity index is 2.42. The summed E-state index contributed by atoms with van der Waals surface area (Å²) in [6, 6.07) is 3.39. The van der Waals surface area contributed by atoms with Gasteiger partial charge in [0.05, 0.1) is 18.3 Å². The van der Waals surface area contributed by atoms with Gasteiger partial charge in [-0.25, -0.2) is 8.42 Å². The largest absolute Gasteiger partial charge is 0.465 e. The van der Waals surface area contributed by atoms with Gasteiger partial charge in [0, 0.05) is 12.4 Å². The standard InChI is InChI=1S/C13H17N3O4S/c1-4-20-12(17)8-16(3)21(18,19)11-6-9(2)5-10-7-14-15-13(10)11/h5-7H,4,8H2,1-3H3,(H,14,15). The second-order valence-electron chi connectivity index (χ2n) is 4.66. The summed E-state index contributed by atoms with van der Waals surface area (Å²) in [5, 5.41) is 7.26. The van der Waals surface area contributed by atoms with Crippen LogP contribution in [-0.4, -0.2) is 49.1 Å². The number of fused-ring (bicyclic) bond motifs is 1. The number of carbonyl (C=O) groups is 1. The predicted octanol–water partition coefficient (Wildman–Crippen LogP) is 1.05. The third-order valence-corrected chi connectivity index (χ3v) is 4.83. The second kappa shape index (κ2) is 5.82. The zero-order chi connectivity index (χ0) is 15.6. The molecule has 0 amide bonds. The van der Waals surface area contributed by atoms with Crippen LogP contribution in [0.15, 0.2) is 23.2 Å². The van der Waals surface area contributed by atoms with E-state index in [1.54, 1.807) is 26.1 Å². The first-order valence-electron chi connectivity index (χ1n) is 6.42. The van der Waals surface area contributed by atoms with Crippen LogP contribution in [-0.2, 0) is 19.6 Å². The van der Waals surface area contributed by atoms with Crippen molar-refractivity contribution in [3.63, 3.8) is 0 Å². The Labute approximate surface area is 122 Å². The molecule has 0 saturated carbocycles. The van der Waals surface area contributed by atoms with E-state index >= 15 is 0 Å². The van der Waals surface area contributed by atoms with Crippen molar-refractivity contribution >= 4 is 26.9 Å². The van der Waals surface area contributed by atoms with Crippen LogP contribution in [0.4, 0.5) is 0 Å². The first kappa shape index (κ1) is 15.5. The molecule has 0 aliphatic carbocycles.